The van der Waals surface area contributed by atoms with Crippen LogP contribution in [0.5, 0.6) is 5.75 Å². The molecule has 0 radical (unpaired) electrons. The van der Waals surface area contributed by atoms with Crippen molar-refractivity contribution in [3.63, 3.8) is 0 Å². The van der Waals surface area contributed by atoms with E-state index in [9.17, 15) is 0 Å². The van der Waals surface area contributed by atoms with E-state index in [-0.39, 0.29) is 6.10 Å². The van der Waals surface area contributed by atoms with Crippen LogP contribution in [0.4, 0.5) is 0 Å². The molecule has 0 N–H and O–H groups in total. The maximum Gasteiger partial charge on any atom is 0.135 e. The SMILES string of the molecule is COC1CCOc2ccsc21. The minimum atomic E-state index is 0.263. The third-order valence-electron chi connectivity index (χ3n) is 1.87. The molecule has 11 heavy (non-hydrogen) atoms. The number of methoxy groups -OCH3 is 1. The van der Waals surface area contributed by atoms with Crippen molar-refractivity contribution in [2.75, 3.05) is 13.7 Å². The Morgan fingerprint density at radius 2 is 2.64 bits per heavy atom. The molecule has 1 unspecified atom stereocenters. The second-order valence-electron chi connectivity index (χ2n) is 2.51. The van der Waals surface area contributed by atoms with E-state index in [0.717, 1.165) is 18.8 Å². The summed E-state index contributed by atoms with van der Waals surface area (Å²) in [6.07, 6.45) is 1.24. The van der Waals surface area contributed by atoms with Gasteiger partial charge in [0.05, 0.1) is 17.6 Å². The second-order valence-corrected chi connectivity index (χ2v) is 3.46. The van der Waals surface area contributed by atoms with Crippen LogP contribution in [0.3, 0.4) is 0 Å². The largest absolute Gasteiger partial charge is 0.492 e. The van der Waals surface area contributed by atoms with Gasteiger partial charge in [-0.15, -0.1) is 11.3 Å². The fourth-order valence-corrected chi connectivity index (χ4v) is 2.24. The first-order valence-electron chi connectivity index (χ1n) is 3.65. The molecule has 2 heterocycles. The number of fused-ring (bicyclic) bond motifs is 1. The summed E-state index contributed by atoms with van der Waals surface area (Å²) in [5, 5.41) is 2.04. The average Bonchev–Trinajstić information content (AvgIpc) is 2.50. The van der Waals surface area contributed by atoms with Gasteiger partial charge < -0.3 is 9.47 Å². The first kappa shape index (κ1) is 7.13. The molecule has 0 aromatic carbocycles. The number of rotatable bonds is 1. The van der Waals surface area contributed by atoms with Gasteiger partial charge in [0.1, 0.15) is 5.75 Å². The van der Waals surface area contributed by atoms with Gasteiger partial charge in [0.2, 0.25) is 0 Å². The van der Waals surface area contributed by atoms with Crippen LogP contribution in [0.15, 0.2) is 11.4 Å². The van der Waals surface area contributed by atoms with E-state index < -0.39 is 0 Å². The third kappa shape index (κ3) is 1.14. The van der Waals surface area contributed by atoms with Gasteiger partial charge in [-0.3, -0.25) is 0 Å². The zero-order valence-corrected chi connectivity index (χ0v) is 7.19. The molecular formula is C8H10O2S. The maximum absolute atomic E-state index is 5.43. The molecule has 2 nitrogen and oxygen atoms in total. The summed E-state index contributed by atoms with van der Waals surface area (Å²) in [7, 11) is 1.75. The Kier molecular flexibility index (Phi) is 1.84. The van der Waals surface area contributed by atoms with Crippen LogP contribution in [0, 0.1) is 0 Å². The molecule has 0 spiro atoms. The van der Waals surface area contributed by atoms with E-state index in [1.807, 2.05) is 11.4 Å². The molecule has 1 aliphatic heterocycles. The number of hydrogen-bond donors (Lipinski definition) is 0. The summed E-state index contributed by atoms with van der Waals surface area (Å²) < 4.78 is 10.7. The average molecular weight is 170 g/mol. The van der Waals surface area contributed by atoms with Crippen molar-refractivity contribution >= 4 is 11.3 Å². The normalized spacial score (nSPS) is 22.5. The lowest BCUT2D eigenvalue weighted by Gasteiger charge is -2.21. The standard InChI is InChI=1S/C8H10O2S/c1-9-6-2-4-10-7-3-5-11-8(6)7/h3,5-6H,2,4H2,1H3. The first-order chi connectivity index (χ1) is 5.42. The lowest BCUT2D eigenvalue weighted by atomic mass is 10.2. The summed E-state index contributed by atoms with van der Waals surface area (Å²) >= 11 is 1.71. The first-order valence-corrected chi connectivity index (χ1v) is 4.53. The molecule has 0 saturated carbocycles. The van der Waals surface area contributed by atoms with Gasteiger partial charge >= 0.3 is 0 Å². The highest BCUT2D eigenvalue weighted by molar-refractivity contribution is 7.10. The van der Waals surface area contributed by atoms with Crippen molar-refractivity contribution in [1.29, 1.82) is 0 Å². The van der Waals surface area contributed by atoms with Gasteiger partial charge in [-0.05, 0) is 11.4 Å². The lowest BCUT2D eigenvalue weighted by Crippen LogP contribution is -2.13. The number of hydrogen-bond acceptors (Lipinski definition) is 3. The number of ether oxygens (including phenoxy) is 2. The van der Waals surface area contributed by atoms with E-state index in [4.69, 9.17) is 9.47 Å². The van der Waals surface area contributed by atoms with E-state index in [1.54, 1.807) is 18.4 Å². The summed E-state index contributed by atoms with van der Waals surface area (Å²) in [4.78, 5) is 1.23. The van der Waals surface area contributed by atoms with Crippen LogP contribution in [-0.2, 0) is 4.74 Å². The Morgan fingerprint density at radius 1 is 1.73 bits per heavy atom. The molecule has 1 aromatic heterocycles. The van der Waals surface area contributed by atoms with E-state index in [0.29, 0.717) is 0 Å². The van der Waals surface area contributed by atoms with Gasteiger partial charge in [-0.25, -0.2) is 0 Å². The highest BCUT2D eigenvalue weighted by Crippen LogP contribution is 2.37. The van der Waals surface area contributed by atoms with Gasteiger partial charge in [-0.2, -0.15) is 0 Å². The minimum absolute atomic E-state index is 0.263. The maximum atomic E-state index is 5.43. The molecule has 0 aliphatic carbocycles. The smallest absolute Gasteiger partial charge is 0.135 e. The van der Waals surface area contributed by atoms with Crippen molar-refractivity contribution in [1.82, 2.24) is 0 Å². The van der Waals surface area contributed by atoms with E-state index in [2.05, 4.69) is 0 Å². The zero-order chi connectivity index (χ0) is 7.68. The summed E-state index contributed by atoms with van der Waals surface area (Å²) in [5.74, 6) is 1.01. The quantitative estimate of drug-likeness (QED) is 0.643. The third-order valence-corrected chi connectivity index (χ3v) is 2.86. The molecule has 1 atom stereocenters. The van der Waals surface area contributed by atoms with Gasteiger partial charge in [0.25, 0.3) is 0 Å². The van der Waals surface area contributed by atoms with Crippen molar-refractivity contribution in [3.05, 3.63) is 16.3 Å². The van der Waals surface area contributed by atoms with Crippen LogP contribution in [0.2, 0.25) is 0 Å². The molecule has 0 bridgehead atoms. The Hall–Kier alpha value is -0.540. The Balaban J connectivity index is 2.32. The van der Waals surface area contributed by atoms with Crippen LogP contribution >= 0.6 is 11.3 Å². The molecule has 2 rings (SSSR count). The highest BCUT2D eigenvalue weighted by atomic mass is 32.1. The van der Waals surface area contributed by atoms with Crippen LogP contribution < -0.4 is 4.74 Å². The topological polar surface area (TPSA) is 18.5 Å². The fraction of sp³-hybridized carbons (Fsp3) is 0.500. The lowest BCUT2D eigenvalue weighted by molar-refractivity contribution is 0.0672. The summed E-state index contributed by atoms with van der Waals surface area (Å²) in [6.45, 7) is 0.780. The van der Waals surface area contributed by atoms with E-state index in [1.165, 1.54) is 4.88 Å². The Labute approximate surface area is 69.8 Å². The van der Waals surface area contributed by atoms with Gasteiger partial charge in [-0.1, -0.05) is 0 Å². The Morgan fingerprint density at radius 3 is 3.45 bits per heavy atom. The van der Waals surface area contributed by atoms with Gasteiger partial charge in [0.15, 0.2) is 0 Å². The second kappa shape index (κ2) is 2.83. The zero-order valence-electron chi connectivity index (χ0n) is 6.37. The summed E-state index contributed by atoms with van der Waals surface area (Å²) in [6, 6.07) is 2.01. The molecule has 1 aromatic rings. The molecular weight excluding hydrogens is 160 g/mol. The van der Waals surface area contributed by atoms with Crippen LogP contribution in [0.25, 0.3) is 0 Å². The molecule has 3 heteroatoms. The highest BCUT2D eigenvalue weighted by Gasteiger charge is 2.21. The van der Waals surface area contributed by atoms with Crippen molar-refractivity contribution in [2.24, 2.45) is 0 Å². The van der Waals surface area contributed by atoms with Crippen LogP contribution in [-0.4, -0.2) is 13.7 Å². The van der Waals surface area contributed by atoms with Crippen molar-refractivity contribution in [3.8, 4) is 5.75 Å². The predicted octanol–water partition coefficient (Wildman–Crippen LogP) is 2.22. The minimum Gasteiger partial charge on any atom is -0.492 e. The molecule has 0 fully saturated rings. The molecule has 0 amide bonds. The van der Waals surface area contributed by atoms with Crippen molar-refractivity contribution < 1.29 is 9.47 Å². The molecule has 1 aliphatic rings. The van der Waals surface area contributed by atoms with E-state index >= 15 is 0 Å². The van der Waals surface area contributed by atoms with Crippen LogP contribution in [0.1, 0.15) is 17.4 Å². The van der Waals surface area contributed by atoms with Gasteiger partial charge in [0, 0.05) is 13.5 Å². The molecule has 0 saturated heterocycles. The number of thiophene rings is 1. The van der Waals surface area contributed by atoms with Crippen molar-refractivity contribution in [2.45, 2.75) is 12.5 Å². The predicted molar refractivity (Wildman–Crippen MR) is 44.2 cm³/mol. The Bertz CT molecular complexity index is 244. The monoisotopic (exact) mass is 170 g/mol. The molecule has 60 valence electrons. The fourth-order valence-electron chi connectivity index (χ4n) is 1.30. The summed E-state index contributed by atoms with van der Waals surface area (Å²) in [5.41, 5.74) is 0.